The molecule has 3 aromatic rings. The maximum Gasteiger partial charge on any atom is 0.416 e. The van der Waals surface area contributed by atoms with E-state index in [1.54, 1.807) is 6.07 Å². The van der Waals surface area contributed by atoms with Gasteiger partial charge in [-0.25, -0.2) is 9.37 Å². The summed E-state index contributed by atoms with van der Waals surface area (Å²) in [6, 6.07) is 8.82. The number of halogens is 8. The maximum atomic E-state index is 13.8. The Labute approximate surface area is 229 Å². The molecule has 2 aliphatic heterocycles. The van der Waals surface area contributed by atoms with Crippen LogP contribution in [-0.4, -0.2) is 34.5 Å². The molecule has 0 N–H and O–H groups in total. The molecule has 1 aromatic heterocycles. The zero-order chi connectivity index (χ0) is 29.7. The molecule has 12 heteroatoms. The highest BCUT2D eigenvalue weighted by Crippen LogP contribution is 2.45. The van der Waals surface area contributed by atoms with E-state index in [-0.39, 0.29) is 24.6 Å². The summed E-state index contributed by atoms with van der Waals surface area (Å²) in [4.78, 5) is 18.2. The van der Waals surface area contributed by atoms with E-state index in [4.69, 9.17) is 4.74 Å². The molecule has 3 heterocycles. The molecule has 0 aliphatic carbocycles. The van der Waals surface area contributed by atoms with Crippen LogP contribution in [0.2, 0.25) is 0 Å². The Morgan fingerprint density at radius 3 is 2.15 bits per heavy atom. The average molecular weight is 582 g/mol. The molecule has 5 rings (SSSR count). The van der Waals surface area contributed by atoms with Crippen LogP contribution in [0, 0.1) is 11.8 Å². The van der Waals surface area contributed by atoms with E-state index >= 15 is 0 Å². The number of nitrogens with zero attached hydrogens (tertiary/aromatic N) is 2. The summed E-state index contributed by atoms with van der Waals surface area (Å²) in [6.07, 6.45) is -9.30. The number of carbonyl (C=O) groups excluding carboxylic acids is 1. The molecule has 0 spiro atoms. The van der Waals surface area contributed by atoms with Crippen LogP contribution in [0.15, 0.2) is 66.9 Å². The lowest BCUT2D eigenvalue weighted by Gasteiger charge is -2.33. The summed E-state index contributed by atoms with van der Waals surface area (Å²) in [6.45, 7) is 1.31. The van der Waals surface area contributed by atoms with Crippen molar-refractivity contribution in [1.82, 2.24) is 9.88 Å². The van der Waals surface area contributed by atoms with Gasteiger partial charge in [0, 0.05) is 36.8 Å². The van der Waals surface area contributed by atoms with Crippen molar-refractivity contribution in [3.05, 3.63) is 106 Å². The third kappa shape index (κ3) is 5.97. The summed E-state index contributed by atoms with van der Waals surface area (Å²) in [5.41, 5.74) is -1.76. The molecule has 1 fully saturated rings. The fraction of sp³-hybridized carbons (Fsp3) is 0.310. The fourth-order valence-electron chi connectivity index (χ4n) is 5.50. The smallest absolute Gasteiger partial charge is 0.368 e. The number of hydrogen-bond acceptors (Lipinski definition) is 3. The number of ether oxygens (including phenoxy) is 1. The Hall–Kier alpha value is -3.80. The zero-order valence-corrected chi connectivity index (χ0v) is 21.3. The second-order valence-corrected chi connectivity index (χ2v) is 10.0. The minimum Gasteiger partial charge on any atom is -0.368 e. The normalized spacial score (nSPS) is 22.0. The maximum absolute atomic E-state index is 13.8. The number of amides is 1. The second kappa shape index (κ2) is 10.6. The molecule has 0 saturated carbocycles. The number of fused-ring (bicyclic) bond motifs is 1. The highest BCUT2D eigenvalue weighted by molar-refractivity contribution is 5.97. The molecule has 4 nitrogen and oxygen atoms in total. The second-order valence-electron chi connectivity index (χ2n) is 10.0. The number of carbonyl (C=O) groups is 1. The quantitative estimate of drug-likeness (QED) is 0.234. The molecular weight excluding hydrogens is 560 g/mol. The highest BCUT2D eigenvalue weighted by Gasteiger charge is 2.48. The SMILES string of the molecule is CC(O[C@H]1CN2C(=O)C=C(c3ccnc(F)c3)C[C@H]2C1c1ccc(F)cc1)c1cc(C(F)(F)F)cc(C(F)(F)F)c1. The van der Waals surface area contributed by atoms with Gasteiger partial charge in [-0.3, -0.25) is 4.79 Å². The molecule has 216 valence electrons. The van der Waals surface area contributed by atoms with Crippen LogP contribution in [-0.2, 0) is 21.9 Å². The first-order valence-electron chi connectivity index (χ1n) is 12.5. The van der Waals surface area contributed by atoms with Gasteiger partial charge in [0.25, 0.3) is 0 Å². The van der Waals surface area contributed by atoms with Crippen molar-refractivity contribution >= 4 is 11.5 Å². The third-order valence-electron chi connectivity index (χ3n) is 7.41. The highest BCUT2D eigenvalue weighted by atomic mass is 19.4. The molecule has 2 aromatic carbocycles. The summed E-state index contributed by atoms with van der Waals surface area (Å²) in [5.74, 6) is -2.30. The van der Waals surface area contributed by atoms with Crippen molar-refractivity contribution in [2.45, 2.75) is 49.9 Å². The van der Waals surface area contributed by atoms with E-state index in [1.165, 1.54) is 54.4 Å². The van der Waals surface area contributed by atoms with Crippen molar-refractivity contribution in [2.24, 2.45) is 0 Å². The lowest BCUT2D eigenvalue weighted by molar-refractivity contribution is -0.143. The summed E-state index contributed by atoms with van der Waals surface area (Å²) in [7, 11) is 0. The van der Waals surface area contributed by atoms with Crippen LogP contribution < -0.4 is 0 Å². The minimum atomic E-state index is -5.03. The largest absolute Gasteiger partial charge is 0.416 e. The van der Waals surface area contributed by atoms with Gasteiger partial charge in [0.2, 0.25) is 11.9 Å². The van der Waals surface area contributed by atoms with Crippen LogP contribution in [0.5, 0.6) is 0 Å². The van der Waals surface area contributed by atoms with Gasteiger partial charge in [-0.15, -0.1) is 0 Å². The van der Waals surface area contributed by atoms with Crippen molar-refractivity contribution in [2.75, 3.05) is 6.54 Å². The first-order valence-corrected chi connectivity index (χ1v) is 12.5. The molecule has 1 amide bonds. The van der Waals surface area contributed by atoms with Crippen LogP contribution in [0.3, 0.4) is 0 Å². The van der Waals surface area contributed by atoms with Gasteiger partial charge in [0.1, 0.15) is 5.82 Å². The van der Waals surface area contributed by atoms with Crippen molar-refractivity contribution in [1.29, 1.82) is 0 Å². The Morgan fingerprint density at radius 1 is 0.927 bits per heavy atom. The van der Waals surface area contributed by atoms with Crippen LogP contribution in [0.4, 0.5) is 35.1 Å². The fourth-order valence-corrected chi connectivity index (χ4v) is 5.50. The van der Waals surface area contributed by atoms with E-state index in [0.717, 1.165) is 0 Å². The number of benzene rings is 2. The molecule has 0 bridgehead atoms. The number of hydrogen-bond donors (Lipinski definition) is 0. The average Bonchev–Trinajstić information content (AvgIpc) is 3.26. The van der Waals surface area contributed by atoms with E-state index in [0.29, 0.717) is 28.8 Å². The van der Waals surface area contributed by atoms with Crippen LogP contribution in [0.25, 0.3) is 5.57 Å². The lowest BCUT2D eigenvalue weighted by atomic mass is 9.83. The number of alkyl halides is 6. The van der Waals surface area contributed by atoms with Crippen LogP contribution in [0.1, 0.15) is 53.2 Å². The zero-order valence-electron chi connectivity index (χ0n) is 21.3. The first-order chi connectivity index (χ1) is 19.2. The predicted octanol–water partition coefficient (Wildman–Crippen LogP) is 7.33. The van der Waals surface area contributed by atoms with Gasteiger partial charge in [0.15, 0.2) is 0 Å². The first kappa shape index (κ1) is 28.7. The molecule has 2 unspecified atom stereocenters. The summed E-state index contributed by atoms with van der Waals surface area (Å²) >= 11 is 0. The van der Waals surface area contributed by atoms with E-state index in [9.17, 15) is 39.9 Å². The van der Waals surface area contributed by atoms with Crippen molar-refractivity contribution in [3.63, 3.8) is 0 Å². The molecule has 2 aliphatic rings. The van der Waals surface area contributed by atoms with E-state index in [1.807, 2.05) is 0 Å². The van der Waals surface area contributed by atoms with Gasteiger partial charge in [-0.05, 0) is 72.0 Å². The molecule has 0 radical (unpaired) electrons. The lowest BCUT2D eigenvalue weighted by Crippen LogP contribution is -2.39. The topological polar surface area (TPSA) is 42.4 Å². The Morgan fingerprint density at radius 2 is 1.56 bits per heavy atom. The Balaban J connectivity index is 1.50. The third-order valence-corrected chi connectivity index (χ3v) is 7.41. The monoisotopic (exact) mass is 582 g/mol. The van der Waals surface area contributed by atoms with E-state index < -0.39 is 65.3 Å². The standard InChI is InChI=1S/C29H22F8N2O2/c1-15(18-8-20(28(32,33)34)13-21(9-18)29(35,36)37)41-24-14-39-23(27(24)16-2-4-22(30)5-3-16)10-19(12-26(39)40)17-6-7-38-25(31)11-17/h2-9,11-13,15,23-24,27H,10,14H2,1H3/t15?,23-,24-,27?/m0/s1. The van der Waals surface area contributed by atoms with Crippen molar-refractivity contribution in [3.8, 4) is 0 Å². The summed E-state index contributed by atoms with van der Waals surface area (Å²) in [5, 5.41) is 0. The predicted molar refractivity (Wildman–Crippen MR) is 131 cm³/mol. The molecule has 4 atom stereocenters. The number of rotatable bonds is 5. The van der Waals surface area contributed by atoms with Crippen molar-refractivity contribution < 1.29 is 44.7 Å². The van der Waals surface area contributed by atoms with Gasteiger partial charge in [0.05, 0.1) is 23.3 Å². The van der Waals surface area contributed by atoms with Gasteiger partial charge in [-0.2, -0.15) is 30.7 Å². The number of aromatic nitrogens is 1. The molecule has 1 saturated heterocycles. The van der Waals surface area contributed by atoms with Gasteiger partial charge < -0.3 is 9.64 Å². The van der Waals surface area contributed by atoms with Gasteiger partial charge in [-0.1, -0.05) is 12.1 Å². The Kier molecular flexibility index (Phi) is 7.39. The molecule has 41 heavy (non-hydrogen) atoms. The molecular formula is C29H22F8N2O2. The summed E-state index contributed by atoms with van der Waals surface area (Å²) < 4.78 is 114. The van der Waals surface area contributed by atoms with Gasteiger partial charge >= 0.3 is 12.4 Å². The van der Waals surface area contributed by atoms with E-state index in [2.05, 4.69) is 4.98 Å². The minimum absolute atomic E-state index is 0.0184. The Bertz CT molecular complexity index is 1450. The van der Waals surface area contributed by atoms with Crippen LogP contribution >= 0.6 is 0 Å². The number of pyridine rings is 1.